The lowest BCUT2D eigenvalue weighted by molar-refractivity contribution is -0.0337. The third kappa shape index (κ3) is 6.22. The molecule has 108 valence electrons. The van der Waals surface area contributed by atoms with E-state index in [1.807, 2.05) is 0 Å². The molecule has 0 unspecified atom stereocenters. The van der Waals surface area contributed by atoms with Crippen molar-refractivity contribution in [2.45, 2.75) is 103 Å². The molecule has 1 aliphatic rings. The van der Waals surface area contributed by atoms with Gasteiger partial charge >= 0.3 is 0 Å². The smallest absolute Gasteiger partial charge is 0.0648 e. The van der Waals surface area contributed by atoms with Crippen LogP contribution in [0.4, 0.5) is 0 Å². The first kappa shape index (κ1) is 16.0. The summed E-state index contributed by atoms with van der Waals surface area (Å²) in [4.78, 5) is 0. The molecule has 0 radical (unpaired) electrons. The summed E-state index contributed by atoms with van der Waals surface area (Å²) in [5.41, 5.74) is 0.144. The van der Waals surface area contributed by atoms with Crippen LogP contribution in [0.2, 0.25) is 0 Å². The van der Waals surface area contributed by atoms with Crippen LogP contribution in [-0.2, 0) is 0 Å². The van der Waals surface area contributed by atoms with Crippen LogP contribution in [0.15, 0.2) is 0 Å². The van der Waals surface area contributed by atoms with Crippen molar-refractivity contribution < 1.29 is 5.11 Å². The first-order chi connectivity index (χ1) is 8.47. The highest BCUT2D eigenvalue weighted by Crippen LogP contribution is 2.42. The molecule has 0 aromatic carbocycles. The molecule has 0 aromatic heterocycles. The molecule has 0 heterocycles. The van der Waals surface area contributed by atoms with Gasteiger partial charge in [0.25, 0.3) is 0 Å². The van der Waals surface area contributed by atoms with Crippen LogP contribution in [0.3, 0.4) is 0 Å². The van der Waals surface area contributed by atoms with Gasteiger partial charge in [-0.2, -0.15) is 0 Å². The van der Waals surface area contributed by atoms with Crippen molar-refractivity contribution in [3.8, 4) is 0 Å². The second-order valence-electron chi connectivity index (χ2n) is 7.26. The summed E-state index contributed by atoms with van der Waals surface area (Å²) in [5, 5.41) is 10.5. The number of hydrogen-bond acceptors (Lipinski definition) is 1. The maximum Gasteiger partial charge on any atom is 0.0648 e. The minimum atomic E-state index is -0.320. The zero-order valence-corrected chi connectivity index (χ0v) is 12.9. The van der Waals surface area contributed by atoms with Gasteiger partial charge in [0.2, 0.25) is 0 Å². The Morgan fingerprint density at radius 2 is 1.28 bits per heavy atom. The lowest BCUT2D eigenvalue weighted by Crippen LogP contribution is -2.36. The molecule has 1 nitrogen and oxygen atoms in total. The predicted octanol–water partition coefficient (Wildman–Crippen LogP) is 5.46. The zero-order chi connectivity index (χ0) is 13.5. The highest BCUT2D eigenvalue weighted by Gasteiger charge is 2.35. The number of unbranched alkanes of at least 4 members (excludes halogenated alkanes) is 6. The van der Waals surface area contributed by atoms with E-state index in [9.17, 15) is 5.11 Å². The van der Waals surface area contributed by atoms with E-state index < -0.39 is 0 Å². The quantitative estimate of drug-likeness (QED) is 0.570. The van der Waals surface area contributed by atoms with Crippen molar-refractivity contribution in [3.63, 3.8) is 0 Å². The van der Waals surface area contributed by atoms with Crippen LogP contribution in [0, 0.1) is 5.41 Å². The topological polar surface area (TPSA) is 20.2 Å². The maximum absolute atomic E-state index is 10.5. The molecule has 0 bridgehead atoms. The molecule has 1 aliphatic carbocycles. The van der Waals surface area contributed by atoms with Crippen LogP contribution in [0.25, 0.3) is 0 Å². The van der Waals surface area contributed by atoms with E-state index in [1.165, 1.54) is 57.8 Å². The molecule has 1 saturated carbocycles. The van der Waals surface area contributed by atoms with Crippen LogP contribution >= 0.6 is 0 Å². The zero-order valence-electron chi connectivity index (χ0n) is 12.9. The number of aliphatic hydroxyl groups is 1. The first-order valence-corrected chi connectivity index (χ1v) is 8.20. The van der Waals surface area contributed by atoms with Crippen molar-refractivity contribution in [1.82, 2.24) is 0 Å². The molecule has 0 spiro atoms. The Morgan fingerprint density at radius 3 is 1.83 bits per heavy atom. The molecule has 0 amide bonds. The van der Waals surface area contributed by atoms with Gasteiger partial charge in [-0.05, 0) is 37.5 Å². The molecule has 0 saturated heterocycles. The van der Waals surface area contributed by atoms with E-state index in [0.29, 0.717) is 5.41 Å². The van der Waals surface area contributed by atoms with Crippen molar-refractivity contribution in [2.24, 2.45) is 5.41 Å². The fourth-order valence-electron chi connectivity index (χ4n) is 3.05. The summed E-state index contributed by atoms with van der Waals surface area (Å²) in [6.45, 7) is 6.93. The summed E-state index contributed by atoms with van der Waals surface area (Å²) in [6, 6.07) is 0. The van der Waals surface area contributed by atoms with Crippen LogP contribution in [0.1, 0.15) is 97.8 Å². The van der Waals surface area contributed by atoms with Crippen LogP contribution in [-0.4, -0.2) is 10.7 Å². The lowest BCUT2D eigenvalue weighted by atomic mass is 9.69. The summed E-state index contributed by atoms with van der Waals surface area (Å²) in [7, 11) is 0. The van der Waals surface area contributed by atoms with E-state index in [2.05, 4.69) is 20.8 Å². The van der Waals surface area contributed by atoms with E-state index in [-0.39, 0.29) is 5.60 Å². The van der Waals surface area contributed by atoms with Gasteiger partial charge in [-0.25, -0.2) is 0 Å². The van der Waals surface area contributed by atoms with Crippen molar-refractivity contribution in [1.29, 1.82) is 0 Å². The van der Waals surface area contributed by atoms with Gasteiger partial charge < -0.3 is 5.11 Å². The molecule has 1 heteroatoms. The Kier molecular flexibility index (Phi) is 6.70. The minimum Gasteiger partial charge on any atom is -0.390 e. The highest BCUT2D eigenvalue weighted by molar-refractivity contribution is 4.88. The monoisotopic (exact) mass is 254 g/mol. The molecule has 0 atom stereocenters. The van der Waals surface area contributed by atoms with E-state index >= 15 is 0 Å². The Labute approximate surface area is 114 Å². The average Bonchev–Trinajstić information content (AvgIpc) is 2.33. The average molecular weight is 254 g/mol. The van der Waals surface area contributed by atoms with Gasteiger partial charge in [0, 0.05) is 0 Å². The van der Waals surface area contributed by atoms with Gasteiger partial charge in [-0.15, -0.1) is 0 Å². The third-order valence-corrected chi connectivity index (χ3v) is 4.78. The molecule has 0 aromatic rings. The Balaban J connectivity index is 2.05. The lowest BCUT2D eigenvalue weighted by Gasteiger charge is -2.40. The first-order valence-electron chi connectivity index (χ1n) is 8.20. The van der Waals surface area contributed by atoms with E-state index in [4.69, 9.17) is 0 Å². The normalized spacial score (nSPS) is 22.0. The van der Waals surface area contributed by atoms with Crippen molar-refractivity contribution >= 4 is 0 Å². The van der Waals surface area contributed by atoms with Gasteiger partial charge in [0.15, 0.2) is 0 Å². The molecule has 1 fully saturated rings. The van der Waals surface area contributed by atoms with Gasteiger partial charge in [0.05, 0.1) is 5.60 Å². The summed E-state index contributed by atoms with van der Waals surface area (Å²) in [5.74, 6) is 0. The van der Waals surface area contributed by atoms with Gasteiger partial charge in [-0.3, -0.25) is 0 Å². The Bertz CT molecular complexity index is 210. The molecular formula is C17H34O. The number of rotatable bonds is 8. The maximum atomic E-state index is 10.5. The Hall–Kier alpha value is -0.0400. The van der Waals surface area contributed by atoms with Gasteiger partial charge in [0.1, 0.15) is 0 Å². The summed E-state index contributed by atoms with van der Waals surface area (Å²) >= 11 is 0. The second kappa shape index (κ2) is 7.53. The van der Waals surface area contributed by atoms with Gasteiger partial charge in [-0.1, -0.05) is 65.7 Å². The largest absolute Gasteiger partial charge is 0.390 e. The molecule has 0 aliphatic heterocycles. The molecular weight excluding hydrogens is 220 g/mol. The van der Waals surface area contributed by atoms with Crippen molar-refractivity contribution in [3.05, 3.63) is 0 Å². The molecule has 1 N–H and O–H groups in total. The van der Waals surface area contributed by atoms with E-state index in [1.54, 1.807) is 0 Å². The highest BCUT2D eigenvalue weighted by atomic mass is 16.3. The fraction of sp³-hybridized carbons (Fsp3) is 1.00. The minimum absolute atomic E-state index is 0.320. The van der Waals surface area contributed by atoms with Crippen molar-refractivity contribution in [2.75, 3.05) is 0 Å². The SMILES string of the molecule is CCCCCCCCCC1(O)CCC(C)(C)CC1. The van der Waals surface area contributed by atoms with Crippen LogP contribution in [0.5, 0.6) is 0 Å². The number of hydrogen-bond donors (Lipinski definition) is 1. The third-order valence-electron chi connectivity index (χ3n) is 4.78. The standard InChI is InChI=1S/C17H34O/c1-4-5-6-7-8-9-10-11-17(18)14-12-16(2,3)13-15-17/h18H,4-15H2,1-3H3. The Morgan fingerprint density at radius 1 is 0.778 bits per heavy atom. The predicted molar refractivity (Wildman–Crippen MR) is 79.8 cm³/mol. The summed E-state index contributed by atoms with van der Waals surface area (Å²) in [6.07, 6.45) is 14.9. The van der Waals surface area contributed by atoms with E-state index in [0.717, 1.165) is 19.3 Å². The second-order valence-corrected chi connectivity index (χ2v) is 7.26. The van der Waals surface area contributed by atoms with Crippen LogP contribution < -0.4 is 0 Å². The summed E-state index contributed by atoms with van der Waals surface area (Å²) < 4.78 is 0. The fourth-order valence-corrected chi connectivity index (χ4v) is 3.05. The molecule has 1 rings (SSSR count). The molecule has 18 heavy (non-hydrogen) atoms.